The van der Waals surface area contributed by atoms with E-state index in [1.54, 1.807) is 45.0 Å². The molecule has 224 valence electrons. The summed E-state index contributed by atoms with van der Waals surface area (Å²) >= 11 is 12.3. The van der Waals surface area contributed by atoms with E-state index in [0.717, 1.165) is 17.0 Å². The molecule has 1 heterocycles. The van der Waals surface area contributed by atoms with Crippen molar-refractivity contribution < 1.29 is 40.7 Å². The molecule has 8 nitrogen and oxygen atoms in total. The third kappa shape index (κ3) is 9.08. The lowest BCUT2D eigenvalue weighted by atomic mass is 10.0. The zero-order valence-corrected chi connectivity index (χ0v) is 24.8. The molecular weight excluding hydrogens is 608 g/mol. The second-order valence-electron chi connectivity index (χ2n) is 10.6. The van der Waals surface area contributed by atoms with Crippen LogP contribution in [-0.4, -0.2) is 49.8 Å². The minimum Gasteiger partial charge on any atom is -0.444 e. The molecule has 0 aromatic heterocycles. The van der Waals surface area contributed by atoms with Gasteiger partial charge in [0.15, 0.2) is 15.6 Å². The third-order valence-electron chi connectivity index (χ3n) is 5.98. The molecule has 1 atom stereocenters. The van der Waals surface area contributed by atoms with Crippen LogP contribution in [-0.2, 0) is 25.9 Å². The molecule has 0 radical (unpaired) electrons. The fourth-order valence-electron chi connectivity index (χ4n) is 4.14. The van der Waals surface area contributed by atoms with Gasteiger partial charge in [0.1, 0.15) is 11.6 Å². The van der Waals surface area contributed by atoms with Crippen LogP contribution in [0, 0.1) is 0 Å². The van der Waals surface area contributed by atoms with Gasteiger partial charge in [-0.1, -0.05) is 35.3 Å². The molecule has 3 rings (SSSR count). The standard InChI is InChI=1S/C27H29Cl2F3N2O6S/c1-26(2,3)40-25(37)33-20-15-41(38,39)23-13-19(29)18(22(35)6-4-5-11-27(30,31)32)12-21(23)34(24(20)36)14-16-7-9-17(28)10-8-16/h7-10,12-13,20H,4-6,11,14-15H2,1-3H3,(H,33,37)/t20-/m0/s1. The van der Waals surface area contributed by atoms with Gasteiger partial charge < -0.3 is 15.0 Å². The maximum absolute atomic E-state index is 13.8. The number of amides is 2. The van der Waals surface area contributed by atoms with Crippen LogP contribution in [0.2, 0.25) is 10.0 Å². The molecule has 0 saturated carbocycles. The number of sulfone groups is 1. The number of benzene rings is 2. The number of rotatable bonds is 8. The highest BCUT2D eigenvalue weighted by Crippen LogP contribution is 2.37. The van der Waals surface area contributed by atoms with Gasteiger partial charge in [-0.05, 0) is 63.4 Å². The van der Waals surface area contributed by atoms with E-state index in [1.165, 1.54) is 0 Å². The molecule has 0 fully saturated rings. The molecule has 2 amide bonds. The second-order valence-corrected chi connectivity index (χ2v) is 13.4. The monoisotopic (exact) mass is 636 g/mol. The molecule has 1 N–H and O–H groups in total. The minimum atomic E-state index is -4.36. The molecule has 14 heteroatoms. The lowest BCUT2D eigenvalue weighted by Crippen LogP contribution is -2.51. The summed E-state index contributed by atoms with van der Waals surface area (Å²) < 4.78 is 69.6. The number of hydrogen-bond donors (Lipinski definition) is 1. The van der Waals surface area contributed by atoms with Crippen LogP contribution in [0.1, 0.15) is 62.4 Å². The van der Waals surface area contributed by atoms with Crippen molar-refractivity contribution >= 4 is 56.5 Å². The first kappa shape index (κ1) is 32.7. The Morgan fingerprint density at radius 2 is 1.71 bits per heavy atom. The van der Waals surface area contributed by atoms with Crippen molar-refractivity contribution in [3.8, 4) is 0 Å². The van der Waals surface area contributed by atoms with Crippen LogP contribution in [0.25, 0.3) is 0 Å². The summed E-state index contributed by atoms with van der Waals surface area (Å²) in [4.78, 5) is 40.0. The van der Waals surface area contributed by atoms with E-state index in [1.807, 2.05) is 0 Å². The van der Waals surface area contributed by atoms with E-state index in [4.69, 9.17) is 27.9 Å². The lowest BCUT2D eigenvalue weighted by Gasteiger charge is -2.27. The highest BCUT2D eigenvalue weighted by Gasteiger charge is 2.40. The first-order valence-electron chi connectivity index (χ1n) is 12.6. The predicted octanol–water partition coefficient (Wildman–Crippen LogP) is 6.51. The van der Waals surface area contributed by atoms with Gasteiger partial charge in [-0.15, -0.1) is 0 Å². The SMILES string of the molecule is CC(C)(C)OC(=O)N[C@H]1CS(=O)(=O)c2cc(Cl)c(C(=O)CCCCC(F)(F)F)cc2N(Cc2ccc(Cl)cc2)C1=O. The number of alkyl halides is 3. The van der Waals surface area contributed by atoms with E-state index >= 15 is 0 Å². The van der Waals surface area contributed by atoms with Crippen LogP contribution in [0.15, 0.2) is 41.3 Å². The number of halogens is 5. The Morgan fingerprint density at radius 3 is 2.29 bits per heavy atom. The zero-order valence-electron chi connectivity index (χ0n) is 22.5. The zero-order chi connectivity index (χ0) is 30.8. The lowest BCUT2D eigenvalue weighted by molar-refractivity contribution is -0.135. The number of nitrogens with one attached hydrogen (secondary N) is 1. The Labute approximate surface area is 246 Å². The number of ether oxygens (including phenoxy) is 1. The topological polar surface area (TPSA) is 110 Å². The fourth-order valence-corrected chi connectivity index (χ4v) is 6.23. The van der Waals surface area contributed by atoms with Crippen molar-refractivity contribution in [1.29, 1.82) is 0 Å². The molecule has 1 aliphatic rings. The van der Waals surface area contributed by atoms with Gasteiger partial charge in [0.25, 0.3) is 5.91 Å². The summed E-state index contributed by atoms with van der Waals surface area (Å²) in [5, 5.41) is 2.53. The summed E-state index contributed by atoms with van der Waals surface area (Å²) in [6, 6.07) is 7.05. The Bertz CT molecular complexity index is 1420. The maximum Gasteiger partial charge on any atom is 0.408 e. The van der Waals surface area contributed by atoms with Crippen molar-refractivity contribution in [2.75, 3.05) is 10.7 Å². The number of anilines is 1. The van der Waals surface area contributed by atoms with E-state index in [0.29, 0.717) is 10.6 Å². The van der Waals surface area contributed by atoms with Crippen molar-refractivity contribution in [1.82, 2.24) is 5.32 Å². The average Bonchev–Trinajstić information content (AvgIpc) is 2.89. The summed E-state index contributed by atoms with van der Waals surface area (Å²) in [7, 11) is -4.26. The number of nitrogens with zero attached hydrogens (tertiary/aromatic N) is 1. The van der Waals surface area contributed by atoms with Gasteiger partial charge in [0.2, 0.25) is 0 Å². The summed E-state index contributed by atoms with van der Waals surface area (Å²) in [6.07, 6.45) is -7.02. The van der Waals surface area contributed by atoms with Crippen molar-refractivity contribution in [3.05, 3.63) is 57.6 Å². The van der Waals surface area contributed by atoms with Crippen molar-refractivity contribution in [2.45, 2.75) is 75.7 Å². The van der Waals surface area contributed by atoms with Gasteiger partial charge in [0, 0.05) is 23.4 Å². The molecule has 1 aliphatic heterocycles. The number of unbranched alkanes of at least 4 members (excludes halogenated alkanes) is 1. The Morgan fingerprint density at radius 1 is 1.07 bits per heavy atom. The van der Waals surface area contributed by atoms with Crippen LogP contribution in [0.4, 0.5) is 23.7 Å². The van der Waals surface area contributed by atoms with E-state index in [2.05, 4.69) is 5.32 Å². The fraction of sp³-hybridized carbons (Fsp3) is 0.444. The molecule has 41 heavy (non-hydrogen) atoms. The van der Waals surface area contributed by atoms with Gasteiger partial charge in [-0.3, -0.25) is 9.59 Å². The first-order valence-corrected chi connectivity index (χ1v) is 15.0. The largest absolute Gasteiger partial charge is 0.444 e. The van der Waals surface area contributed by atoms with Crippen molar-refractivity contribution in [2.24, 2.45) is 0 Å². The minimum absolute atomic E-state index is 0.0701. The third-order valence-corrected chi connectivity index (χ3v) is 8.32. The second kappa shape index (κ2) is 12.6. The molecule has 2 aromatic rings. The first-order chi connectivity index (χ1) is 18.9. The van der Waals surface area contributed by atoms with E-state index < -0.39 is 57.6 Å². The molecule has 0 bridgehead atoms. The summed E-state index contributed by atoms with van der Waals surface area (Å²) in [5.41, 5.74) is -0.661. The Balaban J connectivity index is 2.04. The molecule has 0 saturated heterocycles. The Hall–Kier alpha value is -2.83. The highest BCUT2D eigenvalue weighted by atomic mass is 35.5. The van der Waals surface area contributed by atoms with E-state index in [-0.39, 0.29) is 47.0 Å². The number of alkyl carbamates (subject to hydrolysis) is 1. The number of carbonyl (C=O) groups is 3. The maximum atomic E-state index is 13.8. The number of carbonyl (C=O) groups excluding carboxylic acids is 3. The molecule has 0 spiro atoms. The quantitative estimate of drug-likeness (QED) is 0.261. The van der Waals surface area contributed by atoms with Gasteiger partial charge in [-0.2, -0.15) is 13.2 Å². The molecular formula is C27H29Cl2F3N2O6S. The van der Waals surface area contributed by atoms with E-state index in [9.17, 15) is 36.0 Å². The van der Waals surface area contributed by atoms with Crippen molar-refractivity contribution in [3.63, 3.8) is 0 Å². The highest BCUT2D eigenvalue weighted by molar-refractivity contribution is 7.91. The normalized spacial score (nSPS) is 17.0. The van der Waals surface area contributed by atoms with Crippen LogP contribution in [0.3, 0.4) is 0 Å². The van der Waals surface area contributed by atoms with Gasteiger partial charge >= 0.3 is 12.3 Å². The number of fused-ring (bicyclic) bond motifs is 1. The van der Waals surface area contributed by atoms with Gasteiger partial charge in [0.05, 0.1) is 27.9 Å². The number of Topliss-reactive ketones (excluding diaryl/α,β-unsaturated/α-hetero) is 1. The smallest absolute Gasteiger partial charge is 0.408 e. The van der Waals surface area contributed by atoms with Gasteiger partial charge in [-0.25, -0.2) is 13.2 Å². The van der Waals surface area contributed by atoms with Crippen LogP contribution in [0.5, 0.6) is 0 Å². The summed E-state index contributed by atoms with van der Waals surface area (Å²) in [5.74, 6) is -2.21. The summed E-state index contributed by atoms with van der Waals surface area (Å²) in [6.45, 7) is 4.64. The predicted molar refractivity (Wildman–Crippen MR) is 148 cm³/mol. The average molecular weight is 638 g/mol. The van der Waals surface area contributed by atoms with Crippen LogP contribution >= 0.6 is 23.2 Å². The molecule has 0 aliphatic carbocycles. The Kier molecular flexibility index (Phi) is 10.0. The number of hydrogen-bond acceptors (Lipinski definition) is 6. The molecule has 0 unspecified atom stereocenters. The molecule has 2 aromatic carbocycles. The van der Waals surface area contributed by atoms with Crippen LogP contribution < -0.4 is 10.2 Å². The number of ketones is 1.